The van der Waals surface area contributed by atoms with Crippen molar-refractivity contribution in [3.63, 3.8) is 0 Å². The van der Waals surface area contributed by atoms with E-state index in [2.05, 4.69) is 15.3 Å². The van der Waals surface area contributed by atoms with Gasteiger partial charge in [0, 0.05) is 26.2 Å². The fraction of sp³-hybridized carbons (Fsp3) is 0.417. The summed E-state index contributed by atoms with van der Waals surface area (Å²) >= 11 is 0. The zero-order chi connectivity index (χ0) is 13.0. The van der Waals surface area contributed by atoms with Crippen molar-refractivity contribution in [2.45, 2.75) is 19.3 Å². The third-order valence-corrected chi connectivity index (χ3v) is 2.79. The molecule has 0 aliphatic carbocycles. The quantitative estimate of drug-likeness (QED) is 0.747. The van der Waals surface area contributed by atoms with Crippen LogP contribution in [0.5, 0.6) is 0 Å². The molecule has 0 fully saturated rings. The number of pyridine rings is 1. The van der Waals surface area contributed by atoms with Crippen LogP contribution in [0, 0.1) is 0 Å². The number of hydrogen-bond acceptors (Lipinski definition) is 4. The number of aromatic nitrogens is 3. The summed E-state index contributed by atoms with van der Waals surface area (Å²) in [6, 6.07) is 1.93. The molecule has 2 aromatic heterocycles. The van der Waals surface area contributed by atoms with Crippen LogP contribution in [0.2, 0.25) is 0 Å². The van der Waals surface area contributed by atoms with Gasteiger partial charge in [-0.3, -0.25) is 4.79 Å². The van der Waals surface area contributed by atoms with Crippen molar-refractivity contribution in [3.05, 3.63) is 18.6 Å². The van der Waals surface area contributed by atoms with Gasteiger partial charge in [-0.25, -0.2) is 9.97 Å². The summed E-state index contributed by atoms with van der Waals surface area (Å²) in [5.74, 6) is 0.534. The van der Waals surface area contributed by atoms with Crippen LogP contribution in [0.1, 0.15) is 19.3 Å². The Balaban J connectivity index is 1.93. The summed E-state index contributed by atoms with van der Waals surface area (Å²) in [4.78, 5) is 19.2. The van der Waals surface area contributed by atoms with E-state index >= 15 is 0 Å². The van der Waals surface area contributed by atoms with Crippen LogP contribution in [0.4, 0.5) is 5.82 Å². The van der Waals surface area contributed by atoms with Gasteiger partial charge in [0.15, 0.2) is 5.82 Å². The number of aryl methyl sites for hydroxylation is 1. The molecule has 0 aliphatic heterocycles. The number of nitrogens with one attached hydrogen (secondary N) is 1. The van der Waals surface area contributed by atoms with E-state index in [4.69, 9.17) is 5.73 Å². The molecule has 6 nitrogen and oxygen atoms in total. The molecule has 0 aliphatic rings. The number of fused-ring (bicyclic) bond motifs is 1. The highest BCUT2D eigenvalue weighted by Crippen LogP contribution is 2.18. The molecule has 2 heterocycles. The maximum atomic E-state index is 10.6. The number of nitrogens with zero attached hydrogens (tertiary/aromatic N) is 3. The molecule has 0 aromatic carbocycles. The summed E-state index contributed by atoms with van der Waals surface area (Å²) in [5.41, 5.74) is 6.99. The van der Waals surface area contributed by atoms with Gasteiger partial charge in [0.05, 0.1) is 11.8 Å². The molecule has 0 saturated heterocycles. The second-order valence-corrected chi connectivity index (χ2v) is 4.23. The molecule has 2 aromatic rings. The minimum atomic E-state index is -0.250. The minimum Gasteiger partial charge on any atom is -0.370 e. The highest BCUT2D eigenvalue weighted by atomic mass is 16.1. The van der Waals surface area contributed by atoms with Crippen molar-refractivity contribution in [2.24, 2.45) is 12.8 Å². The van der Waals surface area contributed by atoms with Crippen molar-refractivity contribution < 1.29 is 4.79 Å². The molecule has 18 heavy (non-hydrogen) atoms. The first-order valence-corrected chi connectivity index (χ1v) is 5.96. The smallest absolute Gasteiger partial charge is 0.217 e. The number of hydrogen-bond donors (Lipinski definition) is 2. The van der Waals surface area contributed by atoms with Gasteiger partial charge in [-0.15, -0.1) is 0 Å². The highest BCUT2D eigenvalue weighted by molar-refractivity contribution is 5.85. The molecule has 96 valence electrons. The number of carbonyl (C=O) groups is 1. The Labute approximate surface area is 105 Å². The van der Waals surface area contributed by atoms with Gasteiger partial charge < -0.3 is 15.6 Å². The second-order valence-electron chi connectivity index (χ2n) is 4.23. The Morgan fingerprint density at radius 2 is 2.28 bits per heavy atom. The van der Waals surface area contributed by atoms with Gasteiger partial charge in [-0.05, 0) is 18.9 Å². The summed E-state index contributed by atoms with van der Waals surface area (Å²) in [5, 5.41) is 3.24. The fourth-order valence-electron chi connectivity index (χ4n) is 1.82. The molecular weight excluding hydrogens is 230 g/mol. The largest absolute Gasteiger partial charge is 0.370 e. The van der Waals surface area contributed by atoms with E-state index < -0.39 is 0 Å². The third-order valence-electron chi connectivity index (χ3n) is 2.79. The number of primary amides is 1. The number of carbonyl (C=O) groups excluding carboxylic acids is 1. The second kappa shape index (κ2) is 5.48. The van der Waals surface area contributed by atoms with Gasteiger partial charge in [0.1, 0.15) is 5.52 Å². The van der Waals surface area contributed by atoms with E-state index in [-0.39, 0.29) is 5.91 Å². The number of unbranched alkanes of at least 4 members (excludes halogenated alkanes) is 1. The van der Waals surface area contributed by atoms with E-state index in [9.17, 15) is 4.79 Å². The van der Waals surface area contributed by atoms with Crippen molar-refractivity contribution in [3.8, 4) is 0 Å². The average molecular weight is 247 g/mol. The summed E-state index contributed by atoms with van der Waals surface area (Å²) in [7, 11) is 1.95. The first kappa shape index (κ1) is 12.3. The molecular formula is C12H17N5O. The van der Waals surface area contributed by atoms with Gasteiger partial charge in [-0.1, -0.05) is 0 Å². The van der Waals surface area contributed by atoms with Crippen LogP contribution in [0.25, 0.3) is 11.0 Å². The molecule has 0 radical (unpaired) electrons. The Morgan fingerprint density at radius 1 is 1.44 bits per heavy atom. The molecule has 0 bridgehead atoms. The van der Waals surface area contributed by atoms with Crippen molar-refractivity contribution in [1.29, 1.82) is 0 Å². The maximum Gasteiger partial charge on any atom is 0.217 e. The third kappa shape index (κ3) is 2.77. The van der Waals surface area contributed by atoms with Crippen molar-refractivity contribution in [2.75, 3.05) is 11.9 Å². The molecule has 2 rings (SSSR count). The minimum absolute atomic E-state index is 0.250. The standard InChI is InChI=1S/C12H17N5O/c1-17-8-16-11-9(17)5-7-15-12(11)14-6-3-2-4-10(13)18/h5,7-8H,2-4,6H2,1H3,(H2,13,18)(H,14,15). The van der Waals surface area contributed by atoms with Crippen LogP contribution >= 0.6 is 0 Å². The number of rotatable bonds is 6. The molecule has 3 N–H and O–H groups in total. The molecule has 0 unspecified atom stereocenters. The Morgan fingerprint density at radius 3 is 3.06 bits per heavy atom. The normalized spacial score (nSPS) is 10.7. The molecule has 0 saturated carbocycles. The topological polar surface area (TPSA) is 85.8 Å². The Kier molecular flexibility index (Phi) is 3.76. The predicted molar refractivity (Wildman–Crippen MR) is 70.0 cm³/mol. The summed E-state index contributed by atoms with van der Waals surface area (Å²) in [6.45, 7) is 0.760. The fourth-order valence-corrected chi connectivity index (χ4v) is 1.82. The maximum absolute atomic E-state index is 10.6. The van der Waals surface area contributed by atoms with Crippen molar-refractivity contribution in [1.82, 2.24) is 14.5 Å². The zero-order valence-electron chi connectivity index (χ0n) is 10.4. The molecule has 6 heteroatoms. The van der Waals surface area contributed by atoms with Crippen LogP contribution in [-0.4, -0.2) is 27.0 Å². The van der Waals surface area contributed by atoms with Gasteiger partial charge >= 0.3 is 0 Å². The van der Waals surface area contributed by atoms with E-state index in [1.807, 2.05) is 17.7 Å². The van der Waals surface area contributed by atoms with Gasteiger partial charge in [0.2, 0.25) is 5.91 Å². The molecule has 1 amide bonds. The Bertz CT molecular complexity index is 548. The van der Waals surface area contributed by atoms with Crippen LogP contribution in [0.15, 0.2) is 18.6 Å². The number of nitrogens with two attached hydrogens (primary N) is 1. The van der Waals surface area contributed by atoms with Crippen molar-refractivity contribution >= 4 is 22.8 Å². The lowest BCUT2D eigenvalue weighted by Crippen LogP contribution is -2.11. The van der Waals surface area contributed by atoms with Crippen LogP contribution in [0.3, 0.4) is 0 Å². The number of amides is 1. The van der Waals surface area contributed by atoms with Gasteiger partial charge in [0.25, 0.3) is 0 Å². The zero-order valence-corrected chi connectivity index (χ0v) is 10.4. The van der Waals surface area contributed by atoms with E-state index in [0.29, 0.717) is 6.42 Å². The van der Waals surface area contributed by atoms with Crippen LogP contribution < -0.4 is 11.1 Å². The van der Waals surface area contributed by atoms with E-state index in [1.165, 1.54) is 0 Å². The number of anilines is 1. The molecule has 0 atom stereocenters. The monoisotopic (exact) mass is 247 g/mol. The molecule has 0 spiro atoms. The van der Waals surface area contributed by atoms with E-state index in [0.717, 1.165) is 36.2 Å². The average Bonchev–Trinajstić information content (AvgIpc) is 2.71. The lowest BCUT2D eigenvalue weighted by molar-refractivity contribution is -0.118. The highest BCUT2D eigenvalue weighted by Gasteiger charge is 2.05. The lowest BCUT2D eigenvalue weighted by atomic mass is 10.2. The first-order valence-electron chi connectivity index (χ1n) is 5.96. The Hall–Kier alpha value is -2.11. The predicted octanol–water partition coefficient (Wildman–Crippen LogP) is 1.04. The summed E-state index contributed by atoms with van der Waals surface area (Å²) < 4.78 is 1.95. The SMILES string of the molecule is Cn1cnc2c(NCCCCC(N)=O)nccc21. The van der Waals surface area contributed by atoms with E-state index in [1.54, 1.807) is 12.5 Å². The first-order chi connectivity index (χ1) is 8.68. The van der Waals surface area contributed by atoms with Gasteiger partial charge in [-0.2, -0.15) is 0 Å². The van der Waals surface area contributed by atoms with Crippen LogP contribution in [-0.2, 0) is 11.8 Å². The summed E-state index contributed by atoms with van der Waals surface area (Å²) in [6.07, 6.45) is 5.64. The lowest BCUT2D eigenvalue weighted by Gasteiger charge is -2.05. The number of imidazole rings is 1.